The molecule has 1 amide bonds. The molecule has 0 aliphatic carbocycles. The van der Waals surface area contributed by atoms with Gasteiger partial charge in [-0.2, -0.15) is 0 Å². The van der Waals surface area contributed by atoms with E-state index in [-0.39, 0.29) is 5.78 Å². The van der Waals surface area contributed by atoms with E-state index >= 15 is 0 Å². The third-order valence-corrected chi connectivity index (χ3v) is 4.49. The lowest BCUT2D eigenvalue weighted by Gasteiger charge is -2.07. The fourth-order valence-electron chi connectivity index (χ4n) is 2.81. The highest BCUT2D eigenvalue weighted by molar-refractivity contribution is 6.31. The molecule has 0 fully saturated rings. The first-order chi connectivity index (χ1) is 13.0. The van der Waals surface area contributed by atoms with Gasteiger partial charge in [0.25, 0.3) is 0 Å². The Morgan fingerprint density at radius 3 is 2.56 bits per heavy atom. The van der Waals surface area contributed by atoms with E-state index in [0.29, 0.717) is 34.0 Å². The van der Waals surface area contributed by atoms with Gasteiger partial charge in [0.15, 0.2) is 0 Å². The van der Waals surface area contributed by atoms with Crippen LogP contribution in [-0.2, 0) is 6.54 Å². The molecule has 5 heteroatoms. The fourth-order valence-corrected chi connectivity index (χ4v) is 2.98. The van der Waals surface area contributed by atoms with E-state index in [1.807, 2.05) is 54.1 Å². The van der Waals surface area contributed by atoms with Gasteiger partial charge in [0, 0.05) is 28.9 Å². The van der Waals surface area contributed by atoms with Crippen molar-refractivity contribution in [2.75, 3.05) is 0 Å². The first kappa shape index (κ1) is 18.7. The molecule has 0 saturated carbocycles. The fraction of sp³-hybridized carbons (Fsp3) is 0.0909. The summed E-state index contributed by atoms with van der Waals surface area (Å²) in [5.74, 6) is -0.564. The molecular weight excluding hydrogens is 360 g/mol. The molecule has 0 saturated heterocycles. The zero-order valence-electron chi connectivity index (χ0n) is 14.9. The second-order valence-electron chi connectivity index (χ2n) is 6.24. The molecule has 136 valence electrons. The summed E-state index contributed by atoms with van der Waals surface area (Å²) in [5.41, 5.74) is 8.82. The maximum Gasteiger partial charge on any atom is 0.249 e. The lowest BCUT2D eigenvalue weighted by Crippen LogP contribution is -2.12. The molecule has 0 aliphatic heterocycles. The number of ketones is 1. The summed E-state index contributed by atoms with van der Waals surface area (Å²) < 4.78 is 1.86. The number of amides is 1. The van der Waals surface area contributed by atoms with Gasteiger partial charge in [-0.1, -0.05) is 59.6 Å². The summed E-state index contributed by atoms with van der Waals surface area (Å²) in [6.07, 6.45) is 5.53. The lowest BCUT2D eigenvalue weighted by atomic mass is 10.1. The third-order valence-electron chi connectivity index (χ3n) is 4.26. The number of aromatic nitrogens is 1. The Labute approximate surface area is 162 Å². The second-order valence-corrected chi connectivity index (χ2v) is 6.68. The summed E-state index contributed by atoms with van der Waals surface area (Å²) >= 11 is 5.93. The van der Waals surface area contributed by atoms with Gasteiger partial charge >= 0.3 is 0 Å². The number of primary amides is 1. The first-order valence-corrected chi connectivity index (χ1v) is 8.86. The van der Waals surface area contributed by atoms with Crippen molar-refractivity contribution < 1.29 is 9.59 Å². The highest BCUT2D eigenvalue weighted by atomic mass is 35.5. The molecule has 0 unspecified atom stereocenters. The van der Waals surface area contributed by atoms with E-state index in [2.05, 4.69) is 0 Å². The van der Waals surface area contributed by atoms with Gasteiger partial charge in [0.2, 0.25) is 11.7 Å². The number of allylic oxidation sites excluding steroid dienone is 1. The van der Waals surface area contributed by atoms with Gasteiger partial charge in [-0.05, 0) is 36.8 Å². The number of hydrogen-bond acceptors (Lipinski definition) is 2. The van der Waals surface area contributed by atoms with Crippen LogP contribution in [0.15, 0.2) is 66.9 Å². The Bertz CT molecular complexity index is 1020. The molecule has 1 aromatic heterocycles. The maximum atomic E-state index is 12.7. The van der Waals surface area contributed by atoms with E-state index < -0.39 is 5.91 Å². The number of benzene rings is 2. The summed E-state index contributed by atoms with van der Waals surface area (Å²) in [5, 5.41) is 0.456. The molecule has 3 rings (SSSR count). The van der Waals surface area contributed by atoms with Crippen LogP contribution in [-0.4, -0.2) is 16.3 Å². The Balaban J connectivity index is 1.80. The molecule has 0 aliphatic rings. The highest BCUT2D eigenvalue weighted by Crippen LogP contribution is 2.18. The molecule has 0 spiro atoms. The van der Waals surface area contributed by atoms with E-state index in [0.717, 1.165) is 5.56 Å². The normalized spacial score (nSPS) is 11.0. The van der Waals surface area contributed by atoms with E-state index in [1.54, 1.807) is 30.3 Å². The minimum Gasteiger partial charge on any atom is -0.366 e. The van der Waals surface area contributed by atoms with Gasteiger partial charge in [0.05, 0.1) is 5.69 Å². The number of aryl methyl sites for hydroxylation is 1. The number of nitrogens with zero attached hydrogens (tertiary/aromatic N) is 1. The van der Waals surface area contributed by atoms with Gasteiger partial charge in [-0.3, -0.25) is 9.59 Å². The van der Waals surface area contributed by atoms with Crippen molar-refractivity contribution in [1.29, 1.82) is 0 Å². The average Bonchev–Trinajstić information content (AvgIpc) is 3.11. The van der Waals surface area contributed by atoms with Gasteiger partial charge in [-0.15, -0.1) is 0 Å². The topological polar surface area (TPSA) is 65.1 Å². The zero-order chi connectivity index (χ0) is 19.4. The minimum atomic E-state index is -0.534. The van der Waals surface area contributed by atoms with Crippen molar-refractivity contribution in [3.63, 3.8) is 0 Å². The van der Waals surface area contributed by atoms with Crippen molar-refractivity contribution in [3.05, 3.63) is 99.8 Å². The lowest BCUT2D eigenvalue weighted by molar-refractivity contribution is 0.0998. The molecule has 1 heterocycles. The number of hydrogen-bond donors (Lipinski definition) is 1. The first-order valence-electron chi connectivity index (χ1n) is 8.48. The van der Waals surface area contributed by atoms with E-state index in [4.69, 9.17) is 17.3 Å². The van der Waals surface area contributed by atoms with Crippen molar-refractivity contribution in [1.82, 2.24) is 4.57 Å². The summed E-state index contributed by atoms with van der Waals surface area (Å²) in [6.45, 7) is 2.47. The van der Waals surface area contributed by atoms with Crippen LogP contribution in [0.1, 0.15) is 37.5 Å². The van der Waals surface area contributed by atoms with Gasteiger partial charge in [0.1, 0.15) is 0 Å². The average molecular weight is 379 g/mol. The Hall–Kier alpha value is -3.11. The Morgan fingerprint density at radius 2 is 1.85 bits per heavy atom. The summed E-state index contributed by atoms with van der Waals surface area (Å²) in [4.78, 5) is 24.3. The van der Waals surface area contributed by atoms with Crippen LogP contribution in [0.2, 0.25) is 5.02 Å². The SMILES string of the molecule is Cc1ccc(C(=O)c2cccn2CC=Cc2ccc(Cl)cc2C(N)=O)cc1. The predicted molar refractivity (Wildman–Crippen MR) is 108 cm³/mol. The Morgan fingerprint density at radius 1 is 1.11 bits per heavy atom. The molecule has 27 heavy (non-hydrogen) atoms. The highest BCUT2D eigenvalue weighted by Gasteiger charge is 2.12. The molecule has 0 bridgehead atoms. The third kappa shape index (κ3) is 4.36. The number of carbonyl (C=O) groups is 2. The van der Waals surface area contributed by atoms with Crippen molar-refractivity contribution >= 4 is 29.4 Å². The zero-order valence-corrected chi connectivity index (χ0v) is 15.6. The molecule has 4 nitrogen and oxygen atoms in total. The minimum absolute atomic E-state index is 0.0299. The largest absolute Gasteiger partial charge is 0.366 e. The van der Waals surface area contributed by atoms with E-state index in [1.165, 1.54) is 0 Å². The van der Waals surface area contributed by atoms with Gasteiger partial charge < -0.3 is 10.3 Å². The molecule has 2 aromatic carbocycles. The smallest absolute Gasteiger partial charge is 0.249 e. The van der Waals surface area contributed by atoms with Crippen LogP contribution in [0.4, 0.5) is 0 Å². The number of nitrogens with two attached hydrogens (primary N) is 1. The van der Waals surface area contributed by atoms with Crippen LogP contribution in [0, 0.1) is 6.92 Å². The summed E-state index contributed by atoms with van der Waals surface area (Å²) in [7, 11) is 0. The van der Waals surface area contributed by atoms with Crippen LogP contribution >= 0.6 is 11.6 Å². The molecule has 0 radical (unpaired) electrons. The molecule has 0 atom stereocenters. The molecule has 3 aromatic rings. The summed E-state index contributed by atoms with van der Waals surface area (Å²) in [6, 6.07) is 16.1. The van der Waals surface area contributed by atoms with Crippen molar-refractivity contribution in [2.24, 2.45) is 5.73 Å². The number of carbonyl (C=O) groups excluding carboxylic acids is 2. The number of halogens is 1. The van der Waals surface area contributed by atoms with Crippen molar-refractivity contribution in [3.8, 4) is 0 Å². The van der Waals surface area contributed by atoms with Crippen LogP contribution < -0.4 is 5.73 Å². The number of rotatable bonds is 6. The monoisotopic (exact) mass is 378 g/mol. The quantitative estimate of drug-likeness (QED) is 0.642. The van der Waals surface area contributed by atoms with Gasteiger partial charge in [-0.25, -0.2) is 0 Å². The van der Waals surface area contributed by atoms with Crippen LogP contribution in [0.25, 0.3) is 6.08 Å². The van der Waals surface area contributed by atoms with Crippen LogP contribution in [0.3, 0.4) is 0 Å². The standard InChI is InChI=1S/C22H19ClN2O2/c1-15-6-8-17(9-7-15)21(26)20-5-3-13-25(20)12-2-4-16-10-11-18(23)14-19(16)22(24)27/h2-11,13-14H,12H2,1H3,(H2,24,27). The van der Waals surface area contributed by atoms with Crippen LogP contribution in [0.5, 0.6) is 0 Å². The molecular formula is C22H19ClN2O2. The predicted octanol–water partition coefficient (Wildman–Crippen LogP) is 4.49. The molecule has 2 N–H and O–H groups in total. The Kier molecular flexibility index (Phi) is 5.57. The van der Waals surface area contributed by atoms with E-state index in [9.17, 15) is 9.59 Å². The maximum absolute atomic E-state index is 12.7. The second kappa shape index (κ2) is 8.06. The van der Waals surface area contributed by atoms with Crippen molar-refractivity contribution in [2.45, 2.75) is 13.5 Å².